The van der Waals surface area contributed by atoms with E-state index in [0.717, 1.165) is 17.7 Å². The summed E-state index contributed by atoms with van der Waals surface area (Å²) < 4.78 is 43.7. The first-order valence-electron chi connectivity index (χ1n) is 7.58. The SMILES string of the molecule is FC(F)(F)C1CCC(NC2CCOc3ccccc32)CC1. The van der Waals surface area contributed by atoms with E-state index in [0.29, 0.717) is 19.4 Å². The van der Waals surface area contributed by atoms with Gasteiger partial charge in [0.15, 0.2) is 0 Å². The number of halogens is 3. The lowest BCUT2D eigenvalue weighted by atomic mass is 9.85. The molecule has 21 heavy (non-hydrogen) atoms. The van der Waals surface area contributed by atoms with Crippen molar-refractivity contribution >= 4 is 0 Å². The van der Waals surface area contributed by atoms with Gasteiger partial charge in [0.05, 0.1) is 12.5 Å². The number of ether oxygens (including phenoxy) is 1. The summed E-state index contributed by atoms with van der Waals surface area (Å²) in [4.78, 5) is 0. The number of hydrogen-bond acceptors (Lipinski definition) is 2. The summed E-state index contributed by atoms with van der Waals surface area (Å²) in [6.45, 7) is 0.659. The normalized spacial score (nSPS) is 29.6. The Hall–Kier alpha value is -1.23. The molecule has 1 saturated carbocycles. The van der Waals surface area contributed by atoms with Crippen LogP contribution in [0.5, 0.6) is 5.75 Å². The van der Waals surface area contributed by atoms with E-state index in [9.17, 15) is 13.2 Å². The minimum atomic E-state index is -4.03. The Balaban J connectivity index is 1.59. The molecule has 1 aliphatic heterocycles. The van der Waals surface area contributed by atoms with E-state index in [1.54, 1.807) is 0 Å². The van der Waals surface area contributed by atoms with Crippen LogP contribution in [0.15, 0.2) is 24.3 Å². The zero-order valence-corrected chi connectivity index (χ0v) is 11.8. The van der Waals surface area contributed by atoms with Crippen molar-refractivity contribution in [3.63, 3.8) is 0 Å². The van der Waals surface area contributed by atoms with Crippen molar-refractivity contribution in [3.8, 4) is 5.75 Å². The predicted molar refractivity (Wildman–Crippen MR) is 74.2 cm³/mol. The molecule has 0 bridgehead atoms. The van der Waals surface area contributed by atoms with Gasteiger partial charge in [0.2, 0.25) is 0 Å². The number of alkyl halides is 3. The van der Waals surface area contributed by atoms with Gasteiger partial charge in [-0.15, -0.1) is 0 Å². The van der Waals surface area contributed by atoms with Gasteiger partial charge in [0.1, 0.15) is 5.75 Å². The molecule has 1 atom stereocenters. The highest BCUT2D eigenvalue weighted by molar-refractivity contribution is 5.37. The number of para-hydroxylation sites is 1. The third-order valence-corrected chi connectivity index (χ3v) is 4.59. The quantitative estimate of drug-likeness (QED) is 0.883. The molecule has 116 valence electrons. The van der Waals surface area contributed by atoms with Crippen LogP contribution in [0, 0.1) is 5.92 Å². The zero-order chi connectivity index (χ0) is 14.9. The molecule has 5 heteroatoms. The van der Waals surface area contributed by atoms with Gasteiger partial charge in [-0.1, -0.05) is 18.2 Å². The molecule has 0 spiro atoms. The molecule has 1 N–H and O–H groups in total. The molecule has 0 aromatic heterocycles. The lowest BCUT2D eigenvalue weighted by Crippen LogP contribution is -2.40. The van der Waals surface area contributed by atoms with Crippen LogP contribution in [-0.2, 0) is 0 Å². The van der Waals surface area contributed by atoms with Gasteiger partial charge < -0.3 is 10.1 Å². The van der Waals surface area contributed by atoms with Crippen LogP contribution in [0.2, 0.25) is 0 Å². The van der Waals surface area contributed by atoms with Crippen molar-refractivity contribution in [1.29, 1.82) is 0 Å². The first-order chi connectivity index (χ1) is 10.0. The molecule has 2 aliphatic rings. The Bertz CT molecular complexity index is 481. The van der Waals surface area contributed by atoms with E-state index in [2.05, 4.69) is 5.32 Å². The van der Waals surface area contributed by atoms with Crippen molar-refractivity contribution in [1.82, 2.24) is 5.32 Å². The van der Waals surface area contributed by atoms with Crippen LogP contribution < -0.4 is 10.1 Å². The molecule has 1 unspecified atom stereocenters. The topological polar surface area (TPSA) is 21.3 Å². The fourth-order valence-corrected chi connectivity index (χ4v) is 3.39. The Morgan fingerprint density at radius 1 is 1.00 bits per heavy atom. The molecule has 1 heterocycles. The minimum Gasteiger partial charge on any atom is -0.493 e. The van der Waals surface area contributed by atoms with E-state index >= 15 is 0 Å². The number of fused-ring (bicyclic) bond motifs is 1. The van der Waals surface area contributed by atoms with E-state index < -0.39 is 12.1 Å². The molecule has 0 saturated heterocycles. The fourth-order valence-electron chi connectivity index (χ4n) is 3.39. The van der Waals surface area contributed by atoms with Crippen molar-refractivity contribution in [3.05, 3.63) is 29.8 Å². The summed E-state index contributed by atoms with van der Waals surface area (Å²) in [5.74, 6) is -0.220. The lowest BCUT2D eigenvalue weighted by molar-refractivity contribution is -0.182. The van der Waals surface area contributed by atoms with Crippen LogP contribution in [0.25, 0.3) is 0 Å². The second-order valence-electron chi connectivity index (χ2n) is 5.98. The van der Waals surface area contributed by atoms with Crippen molar-refractivity contribution in [2.45, 2.75) is 50.4 Å². The van der Waals surface area contributed by atoms with Gasteiger partial charge in [-0.2, -0.15) is 13.2 Å². The highest BCUT2D eigenvalue weighted by Crippen LogP contribution is 2.39. The van der Waals surface area contributed by atoms with E-state index in [-0.39, 0.29) is 24.9 Å². The maximum atomic E-state index is 12.7. The third-order valence-electron chi connectivity index (χ3n) is 4.59. The maximum Gasteiger partial charge on any atom is 0.391 e. The molecule has 1 aromatic carbocycles. The van der Waals surface area contributed by atoms with Gasteiger partial charge in [-0.25, -0.2) is 0 Å². The Morgan fingerprint density at radius 2 is 1.71 bits per heavy atom. The third kappa shape index (κ3) is 3.34. The first kappa shape index (κ1) is 14.7. The van der Waals surface area contributed by atoms with Crippen LogP contribution in [0.1, 0.15) is 43.7 Å². The summed E-state index contributed by atoms with van der Waals surface area (Å²) in [6.07, 6.45) is -1.47. The Labute approximate surface area is 122 Å². The highest BCUT2D eigenvalue weighted by Gasteiger charge is 2.41. The molecule has 1 fully saturated rings. The Morgan fingerprint density at radius 3 is 2.43 bits per heavy atom. The summed E-state index contributed by atoms with van der Waals surface area (Å²) in [7, 11) is 0. The number of benzene rings is 1. The lowest BCUT2D eigenvalue weighted by Gasteiger charge is -2.35. The molecule has 2 nitrogen and oxygen atoms in total. The zero-order valence-electron chi connectivity index (χ0n) is 11.8. The monoisotopic (exact) mass is 299 g/mol. The van der Waals surface area contributed by atoms with Crippen LogP contribution in [0.4, 0.5) is 13.2 Å². The Kier molecular flexibility index (Phi) is 4.11. The summed E-state index contributed by atoms with van der Waals surface area (Å²) in [6, 6.07) is 8.28. The molecule has 1 aliphatic carbocycles. The summed E-state index contributed by atoms with van der Waals surface area (Å²) >= 11 is 0. The number of nitrogens with one attached hydrogen (secondary N) is 1. The largest absolute Gasteiger partial charge is 0.493 e. The smallest absolute Gasteiger partial charge is 0.391 e. The summed E-state index contributed by atoms with van der Waals surface area (Å²) in [5.41, 5.74) is 1.13. The minimum absolute atomic E-state index is 0.180. The molecular formula is C16H20F3NO. The fraction of sp³-hybridized carbons (Fsp3) is 0.625. The van der Waals surface area contributed by atoms with Crippen LogP contribution in [0.3, 0.4) is 0 Å². The van der Waals surface area contributed by atoms with Crippen molar-refractivity contribution < 1.29 is 17.9 Å². The number of hydrogen-bond donors (Lipinski definition) is 1. The summed E-state index contributed by atoms with van der Waals surface area (Å²) in [5, 5.41) is 3.54. The van der Waals surface area contributed by atoms with Gasteiger partial charge >= 0.3 is 6.18 Å². The van der Waals surface area contributed by atoms with Crippen LogP contribution >= 0.6 is 0 Å². The van der Waals surface area contributed by atoms with Crippen molar-refractivity contribution in [2.75, 3.05) is 6.61 Å². The predicted octanol–water partition coefficient (Wildman–Crippen LogP) is 4.22. The second kappa shape index (κ2) is 5.87. The highest BCUT2D eigenvalue weighted by atomic mass is 19.4. The molecule has 0 radical (unpaired) electrons. The van der Waals surface area contributed by atoms with Gasteiger partial charge in [-0.3, -0.25) is 0 Å². The van der Waals surface area contributed by atoms with Crippen LogP contribution in [-0.4, -0.2) is 18.8 Å². The molecule has 1 aromatic rings. The molecule has 0 amide bonds. The van der Waals surface area contributed by atoms with Gasteiger partial charge in [-0.05, 0) is 31.7 Å². The standard InChI is InChI=1S/C16H20F3NO/c17-16(18,19)11-5-7-12(8-6-11)20-14-9-10-21-15-4-2-1-3-13(14)15/h1-4,11-12,14,20H,5-10H2. The average molecular weight is 299 g/mol. The first-order valence-corrected chi connectivity index (χ1v) is 7.58. The average Bonchev–Trinajstić information content (AvgIpc) is 2.47. The van der Waals surface area contributed by atoms with Gasteiger partial charge in [0.25, 0.3) is 0 Å². The van der Waals surface area contributed by atoms with E-state index in [1.165, 1.54) is 0 Å². The second-order valence-corrected chi connectivity index (χ2v) is 5.98. The molecular weight excluding hydrogens is 279 g/mol. The molecule has 3 rings (SSSR count). The number of rotatable bonds is 2. The van der Waals surface area contributed by atoms with Crippen molar-refractivity contribution in [2.24, 2.45) is 5.92 Å². The van der Waals surface area contributed by atoms with E-state index in [1.807, 2.05) is 24.3 Å². The maximum absolute atomic E-state index is 12.7. The van der Waals surface area contributed by atoms with E-state index in [4.69, 9.17) is 4.74 Å². The van der Waals surface area contributed by atoms with Gasteiger partial charge in [0, 0.05) is 24.1 Å².